The van der Waals surface area contributed by atoms with Crippen LogP contribution < -0.4 is 0 Å². The van der Waals surface area contributed by atoms with E-state index < -0.39 is 18.7 Å². The Kier molecular flexibility index (Phi) is 4.99. The first-order chi connectivity index (χ1) is 5.13. The maximum absolute atomic E-state index is 12.8. The number of hydrogen-bond acceptors (Lipinski definition) is 0. The van der Waals surface area contributed by atoms with Crippen molar-refractivity contribution in [1.82, 2.24) is 0 Å². The standard InChI is InChI=1S/C8H13F3/c1-3-7(6(2)10)8(11)4-5-9/h8H,3-5H2,1-2H3/b7-6-. The van der Waals surface area contributed by atoms with Gasteiger partial charge in [-0.05, 0) is 18.9 Å². The second-order valence-corrected chi connectivity index (χ2v) is 2.36. The lowest BCUT2D eigenvalue weighted by molar-refractivity contribution is 0.309. The molecule has 0 radical (unpaired) electrons. The summed E-state index contributed by atoms with van der Waals surface area (Å²) in [6.45, 7) is 2.12. The van der Waals surface area contributed by atoms with E-state index in [4.69, 9.17) is 0 Å². The van der Waals surface area contributed by atoms with Gasteiger partial charge in [0.15, 0.2) is 0 Å². The average Bonchev–Trinajstić information content (AvgIpc) is 1.88. The monoisotopic (exact) mass is 166 g/mol. The third-order valence-electron chi connectivity index (χ3n) is 1.56. The molecule has 11 heavy (non-hydrogen) atoms. The summed E-state index contributed by atoms with van der Waals surface area (Å²) >= 11 is 0. The minimum absolute atomic E-state index is 0.0858. The van der Waals surface area contributed by atoms with E-state index in [1.54, 1.807) is 6.92 Å². The zero-order valence-electron chi connectivity index (χ0n) is 6.83. The molecule has 0 aromatic rings. The second-order valence-electron chi connectivity index (χ2n) is 2.36. The van der Waals surface area contributed by atoms with Gasteiger partial charge in [-0.15, -0.1) is 0 Å². The molecular weight excluding hydrogens is 153 g/mol. The molecule has 1 unspecified atom stereocenters. The minimum atomic E-state index is -1.45. The van der Waals surface area contributed by atoms with Crippen LogP contribution in [0.15, 0.2) is 11.4 Å². The van der Waals surface area contributed by atoms with Crippen molar-refractivity contribution < 1.29 is 13.2 Å². The Labute approximate surface area is 65.1 Å². The molecule has 0 bridgehead atoms. The van der Waals surface area contributed by atoms with E-state index in [-0.39, 0.29) is 12.0 Å². The smallest absolute Gasteiger partial charge is 0.126 e. The fourth-order valence-corrected chi connectivity index (χ4v) is 0.951. The van der Waals surface area contributed by atoms with Gasteiger partial charge >= 0.3 is 0 Å². The average molecular weight is 166 g/mol. The van der Waals surface area contributed by atoms with Crippen LogP contribution in [0.3, 0.4) is 0 Å². The van der Waals surface area contributed by atoms with E-state index in [9.17, 15) is 13.2 Å². The van der Waals surface area contributed by atoms with Gasteiger partial charge in [-0.25, -0.2) is 8.78 Å². The molecule has 0 rings (SSSR count). The fourth-order valence-electron chi connectivity index (χ4n) is 0.951. The molecule has 3 heteroatoms. The summed E-state index contributed by atoms with van der Waals surface area (Å²) in [7, 11) is 0. The van der Waals surface area contributed by atoms with Gasteiger partial charge in [-0.2, -0.15) is 0 Å². The van der Waals surface area contributed by atoms with Crippen LogP contribution in [0.4, 0.5) is 13.2 Å². The largest absolute Gasteiger partial charge is 0.251 e. The van der Waals surface area contributed by atoms with Gasteiger partial charge in [0, 0.05) is 6.42 Å². The predicted octanol–water partition coefficient (Wildman–Crippen LogP) is 3.34. The minimum Gasteiger partial charge on any atom is -0.251 e. The maximum Gasteiger partial charge on any atom is 0.126 e. The molecule has 0 saturated heterocycles. The molecule has 0 N–H and O–H groups in total. The highest BCUT2D eigenvalue weighted by atomic mass is 19.1. The van der Waals surface area contributed by atoms with Gasteiger partial charge in [-0.3, -0.25) is 4.39 Å². The van der Waals surface area contributed by atoms with Crippen LogP contribution in [0.25, 0.3) is 0 Å². The molecule has 0 aliphatic carbocycles. The third-order valence-corrected chi connectivity index (χ3v) is 1.56. The molecule has 0 saturated carbocycles. The molecule has 0 aliphatic rings. The fraction of sp³-hybridized carbons (Fsp3) is 0.750. The van der Waals surface area contributed by atoms with E-state index in [0.717, 1.165) is 0 Å². The third kappa shape index (κ3) is 3.44. The van der Waals surface area contributed by atoms with Crippen LogP contribution in [0.5, 0.6) is 0 Å². The Hall–Kier alpha value is -0.470. The van der Waals surface area contributed by atoms with Gasteiger partial charge in [0.05, 0.1) is 12.5 Å². The maximum atomic E-state index is 12.8. The molecule has 0 fully saturated rings. The van der Waals surface area contributed by atoms with Crippen molar-refractivity contribution in [2.75, 3.05) is 6.67 Å². The van der Waals surface area contributed by atoms with E-state index in [2.05, 4.69) is 0 Å². The van der Waals surface area contributed by atoms with E-state index in [1.165, 1.54) is 6.92 Å². The van der Waals surface area contributed by atoms with Gasteiger partial charge in [0.1, 0.15) is 6.17 Å². The molecule has 0 spiro atoms. The number of alkyl halides is 2. The zero-order valence-corrected chi connectivity index (χ0v) is 6.83. The molecule has 0 amide bonds. The Bertz CT molecular complexity index is 136. The van der Waals surface area contributed by atoms with Gasteiger partial charge in [0.25, 0.3) is 0 Å². The first-order valence-electron chi connectivity index (χ1n) is 3.68. The van der Waals surface area contributed by atoms with E-state index in [1.807, 2.05) is 0 Å². The molecule has 0 aliphatic heterocycles. The SMILES string of the molecule is CC/C(=C(\C)F)C(F)CCF. The highest BCUT2D eigenvalue weighted by Gasteiger charge is 2.13. The summed E-state index contributed by atoms with van der Waals surface area (Å²) in [4.78, 5) is 0. The second kappa shape index (κ2) is 5.22. The van der Waals surface area contributed by atoms with Crippen molar-refractivity contribution in [3.8, 4) is 0 Å². The molecular formula is C8H13F3. The molecule has 0 heterocycles. The summed E-state index contributed by atoms with van der Waals surface area (Å²) in [5, 5.41) is 0. The quantitative estimate of drug-likeness (QED) is 0.600. The first-order valence-corrected chi connectivity index (χ1v) is 3.68. The normalized spacial score (nSPS) is 16.1. The van der Waals surface area contributed by atoms with Crippen LogP contribution >= 0.6 is 0 Å². The van der Waals surface area contributed by atoms with Crippen LogP contribution in [-0.2, 0) is 0 Å². The topological polar surface area (TPSA) is 0 Å². The Balaban J connectivity index is 4.15. The van der Waals surface area contributed by atoms with Crippen LogP contribution in [0.1, 0.15) is 26.7 Å². The lowest BCUT2D eigenvalue weighted by Gasteiger charge is -2.08. The van der Waals surface area contributed by atoms with Crippen molar-refractivity contribution in [2.45, 2.75) is 32.9 Å². The number of allylic oxidation sites excluding steroid dienone is 2. The van der Waals surface area contributed by atoms with Gasteiger partial charge in [-0.1, -0.05) is 6.92 Å². The molecule has 66 valence electrons. The van der Waals surface area contributed by atoms with Crippen molar-refractivity contribution in [3.05, 3.63) is 11.4 Å². The summed E-state index contributed by atoms with van der Waals surface area (Å²) < 4.78 is 36.9. The van der Waals surface area contributed by atoms with Crippen LogP contribution in [0, 0.1) is 0 Å². The molecule has 0 aromatic heterocycles. The molecule has 0 aromatic carbocycles. The van der Waals surface area contributed by atoms with Crippen LogP contribution in [0.2, 0.25) is 0 Å². The number of rotatable bonds is 4. The Morgan fingerprint density at radius 1 is 1.45 bits per heavy atom. The molecule has 1 atom stereocenters. The summed E-state index contributed by atoms with van der Waals surface area (Å²) in [6.07, 6.45) is -1.37. The Morgan fingerprint density at radius 2 is 2.00 bits per heavy atom. The van der Waals surface area contributed by atoms with Crippen molar-refractivity contribution in [1.29, 1.82) is 0 Å². The summed E-state index contributed by atoms with van der Waals surface area (Å²) in [6, 6.07) is 0. The van der Waals surface area contributed by atoms with Crippen LogP contribution in [-0.4, -0.2) is 12.8 Å². The van der Waals surface area contributed by atoms with E-state index in [0.29, 0.717) is 6.42 Å². The van der Waals surface area contributed by atoms with Gasteiger partial charge in [0.2, 0.25) is 0 Å². The van der Waals surface area contributed by atoms with Crippen molar-refractivity contribution in [3.63, 3.8) is 0 Å². The Morgan fingerprint density at radius 3 is 2.27 bits per heavy atom. The van der Waals surface area contributed by atoms with Crippen molar-refractivity contribution in [2.24, 2.45) is 0 Å². The summed E-state index contributed by atoms with van der Waals surface area (Å²) in [5.41, 5.74) is 0.0858. The van der Waals surface area contributed by atoms with E-state index >= 15 is 0 Å². The first kappa shape index (κ1) is 10.5. The molecule has 0 nitrogen and oxygen atoms in total. The number of hydrogen-bond donors (Lipinski definition) is 0. The van der Waals surface area contributed by atoms with Gasteiger partial charge < -0.3 is 0 Å². The zero-order chi connectivity index (χ0) is 8.85. The lowest BCUT2D eigenvalue weighted by Crippen LogP contribution is -2.06. The number of halogens is 3. The highest BCUT2D eigenvalue weighted by molar-refractivity contribution is 5.10. The predicted molar refractivity (Wildman–Crippen MR) is 39.6 cm³/mol. The lowest BCUT2D eigenvalue weighted by atomic mass is 10.1. The van der Waals surface area contributed by atoms with Crippen molar-refractivity contribution >= 4 is 0 Å². The highest BCUT2D eigenvalue weighted by Crippen LogP contribution is 2.19. The summed E-state index contributed by atoms with van der Waals surface area (Å²) in [5.74, 6) is -0.520.